The zero-order valence-corrected chi connectivity index (χ0v) is 21.8. The van der Waals surface area contributed by atoms with Crippen molar-refractivity contribution in [2.24, 2.45) is 11.5 Å². The summed E-state index contributed by atoms with van der Waals surface area (Å²) in [6, 6.07) is -1.45. The van der Waals surface area contributed by atoms with Crippen LogP contribution in [0, 0.1) is 0 Å². The van der Waals surface area contributed by atoms with Gasteiger partial charge in [-0.2, -0.15) is 0 Å². The number of nitrogens with two attached hydrogens (primary N) is 2. The molecule has 1 aromatic rings. The first-order valence-corrected chi connectivity index (χ1v) is 12.5. The van der Waals surface area contributed by atoms with Crippen molar-refractivity contribution in [3.63, 3.8) is 0 Å². The van der Waals surface area contributed by atoms with Gasteiger partial charge >= 0.3 is 5.97 Å². The molecule has 13 N–H and O–H groups in total. The van der Waals surface area contributed by atoms with E-state index in [1.54, 1.807) is 0 Å². The lowest BCUT2D eigenvalue weighted by Crippen LogP contribution is -2.60. The first-order valence-electron chi connectivity index (χ1n) is 12.5. The van der Waals surface area contributed by atoms with Gasteiger partial charge in [0.15, 0.2) is 0 Å². The van der Waals surface area contributed by atoms with Crippen LogP contribution in [0.3, 0.4) is 0 Å². The molecule has 0 radical (unpaired) electrons. The zero-order chi connectivity index (χ0) is 30.2. The lowest BCUT2D eigenvalue weighted by atomic mass is 10.0. The minimum absolute atomic E-state index is 0.0242. The summed E-state index contributed by atoms with van der Waals surface area (Å²) in [7, 11) is 0. The van der Waals surface area contributed by atoms with E-state index >= 15 is 0 Å². The van der Waals surface area contributed by atoms with Crippen LogP contribution in [-0.4, -0.2) is 112 Å². The van der Waals surface area contributed by atoms with E-state index in [9.17, 15) is 39.3 Å². The molecule has 0 saturated heterocycles. The van der Waals surface area contributed by atoms with E-state index in [-0.39, 0.29) is 12.2 Å². The number of carboxylic acid groups (broad SMARTS) is 1. The van der Waals surface area contributed by atoms with Gasteiger partial charge in [0.05, 0.1) is 25.9 Å². The molecular weight excluding hydrogens is 532 g/mol. The molecular formula is C24H38N6O10. The molecule has 5 atom stereocenters. The molecule has 224 valence electrons. The third kappa shape index (κ3) is 11.5. The van der Waals surface area contributed by atoms with Crippen LogP contribution in [0.1, 0.15) is 24.8 Å². The normalized spacial score (nSPS) is 14.6. The molecule has 40 heavy (non-hydrogen) atoms. The van der Waals surface area contributed by atoms with Gasteiger partial charge in [-0.05, 0) is 37.1 Å². The second kappa shape index (κ2) is 17.7. The fourth-order valence-corrected chi connectivity index (χ4v) is 3.39. The minimum atomic E-state index is -1.70. The van der Waals surface area contributed by atoms with E-state index in [0.717, 1.165) is 0 Å². The number of aromatic hydroxyl groups is 1. The summed E-state index contributed by atoms with van der Waals surface area (Å²) in [5, 5.41) is 55.5. The number of phenolic OH excluding ortho intramolecular Hbond substituents is 1. The van der Waals surface area contributed by atoms with Crippen LogP contribution in [0.15, 0.2) is 24.3 Å². The number of aliphatic hydroxyl groups excluding tert-OH is 3. The molecule has 0 saturated carbocycles. The van der Waals surface area contributed by atoms with Gasteiger partial charge in [-0.25, -0.2) is 4.79 Å². The van der Waals surface area contributed by atoms with Crippen molar-refractivity contribution in [2.75, 3.05) is 26.4 Å². The number of benzene rings is 1. The van der Waals surface area contributed by atoms with E-state index in [1.165, 1.54) is 24.3 Å². The number of amides is 4. The average molecular weight is 571 g/mol. The Morgan fingerprint density at radius 3 is 1.60 bits per heavy atom. The van der Waals surface area contributed by atoms with E-state index in [1.807, 2.05) is 5.32 Å². The molecule has 16 heteroatoms. The number of nitrogens with one attached hydrogen (secondary N) is 4. The summed E-state index contributed by atoms with van der Waals surface area (Å²) in [5.41, 5.74) is 11.9. The number of hydrogen-bond donors (Lipinski definition) is 11. The fourth-order valence-electron chi connectivity index (χ4n) is 3.39. The topological polar surface area (TPSA) is 287 Å². The Labute approximate surface area is 230 Å². The monoisotopic (exact) mass is 570 g/mol. The lowest BCUT2D eigenvalue weighted by Gasteiger charge is -2.25. The highest BCUT2D eigenvalue weighted by Crippen LogP contribution is 2.12. The molecule has 1 aromatic carbocycles. The number of hydrogen-bond acceptors (Lipinski definition) is 11. The molecule has 0 aromatic heterocycles. The number of carboxylic acids is 1. The van der Waals surface area contributed by atoms with E-state index in [4.69, 9.17) is 21.7 Å². The van der Waals surface area contributed by atoms with Gasteiger partial charge in [-0.15, -0.1) is 0 Å². The molecule has 0 heterocycles. The highest BCUT2D eigenvalue weighted by Gasteiger charge is 2.31. The fraction of sp³-hybridized carbons (Fsp3) is 0.542. The third-order valence-electron chi connectivity index (χ3n) is 5.74. The molecule has 0 fully saturated rings. The number of rotatable bonds is 18. The van der Waals surface area contributed by atoms with Crippen LogP contribution in [-0.2, 0) is 30.4 Å². The van der Waals surface area contributed by atoms with Crippen molar-refractivity contribution in [1.82, 2.24) is 21.3 Å². The zero-order valence-electron chi connectivity index (χ0n) is 21.8. The molecule has 0 unspecified atom stereocenters. The summed E-state index contributed by atoms with van der Waals surface area (Å²) < 4.78 is 0. The lowest BCUT2D eigenvalue weighted by molar-refractivity contribution is -0.143. The second-order valence-electron chi connectivity index (χ2n) is 8.89. The van der Waals surface area contributed by atoms with Gasteiger partial charge in [-0.1, -0.05) is 18.6 Å². The highest BCUT2D eigenvalue weighted by atomic mass is 16.4. The van der Waals surface area contributed by atoms with Crippen LogP contribution in [0.4, 0.5) is 0 Å². The number of carbonyl (C=O) groups excluding carboxylic acids is 4. The Bertz CT molecular complexity index is 993. The van der Waals surface area contributed by atoms with Gasteiger partial charge in [0.2, 0.25) is 23.6 Å². The molecule has 0 spiro atoms. The SMILES string of the molecule is NCCCC[C@H](N)C(=O)N[C@@H](Cc1ccc(O)cc1)C(=O)N[C@@H](CO)C(=O)N[C@@H](CO)C(=O)N[C@@H](CO)C(=O)O. The highest BCUT2D eigenvalue weighted by molar-refractivity contribution is 5.95. The molecule has 0 bridgehead atoms. The van der Waals surface area contributed by atoms with E-state index in [2.05, 4.69) is 16.0 Å². The Morgan fingerprint density at radius 1 is 0.700 bits per heavy atom. The van der Waals surface area contributed by atoms with E-state index < -0.39 is 79.6 Å². The smallest absolute Gasteiger partial charge is 0.328 e. The van der Waals surface area contributed by atoms with Crippen LogP contribution in [0.5, 0.6) is 5.75 Å². The van der Waals surface area contributed by atoms with Crippen LogP contribution >= 0.6 is 0 Å². The number of unbranched alkanes of at least 4 members (excludes halogenated alkanes) is 1. The summed E-state index contributed by atoms with van der Waals surface area (Å²) >= 11 is 0. The van der Waals surface area contributed by atoms with Crippen molar-refractivity contribution in [3.05, 3.63) is 29.8 Å². The van der Waals surface area contributed by atoms with Crippen LogP contribution in [0.25, 0.3) is 0 Å². The molecule has 1 rings (SSSR count). The summed E-state index contributed by atoms with van der Waals surface area (Å²) in [6.07, 6.45) is 1.46. The number of phenols is 1. The summed E-state index contributed by atoms with van der Waals surface area (Å²) in [6.45, 7) is -2.44. The van der Waals surface area contributed by atoms with Crippen LogP contribution in [0.2, 0.25) is 0 Å². The second-order valence-corrected chi connectivity index (χ2v) is 8.89. The number of aliphatic hydroxyl groups is 3. The predicted molar refractivity (Wildman–Crippen MR) is 139 cm³/mol. The van der Waals surface area contributed by atoms with Gasteiger partial charge in [-0.3, -0.25) is 19.2 Å². The van der Waals surface area contributed by atoms with Crippen molar-refractivity contribution in [3.8, 4) is 5.75 Å². The summed E-state index contributed by atoms with van der Waals surface area (Å²) in [5.74, 6) is -5.35. The number of carbonyl (C=O) groups is 5. The quantitative estimate of drug-likeness (QED) is 0.0743. The molecule has 0 aliphatic rings. The minimum Gasteiger partial charge on any atom is -0.508 e. The van der Waals surface area contributed by atoms with Crippen LogP contribution < -0.4 is 32.7 Å². The third-order valence-corrected chi connectivity index (χ3v) is 5.74. The van der Waals surface area contributed by atoms with Gasteiger partial charge in [0.1, 0.15) is 29.9 Å². The standard InChI is InChI=1S/C24H38N6O10/c25-8-2-1-3-15(26)20(35)27-16(9-13-4-6-14(34)7-5-13)21(36)28-17(10-31)22(37)29-18(11-32)23(38)30-19(12-33)24(39)40/h4-7,15-19,31-34H,1-3,8-12,25-26H2,(H,27,35)(H,28,36)(H,29,37)(H,30,38)(H,39,40)/t15-,16-,17-,18-,19-/m0/s1. The Hall–Kier alpha value is -3.83. The van der Waals surface area contributed by atoms with Crippen molar-refractivity contribution in [1.29, 1.82) is 0 Å². The van der Waals surface area contributed by atoms with Crippen molar-refractivity contribution in [2.45, 2.75) is 55.9 Å². The molecule has 0 aliphatic carbocycles. The Kier molecular flexibility index (Phi) is 15.1. The maximum atomic E-state index is 13.1. The Balaban J connectivity index is 2.99. The molecule has 4 amide bonds. The van der Waals surface area contributed by atoms with E-state index in [0.29, 0.717) is 31.4 Å². The first-order chi connectivity index (χ1) is 19.0. The van der Waals surface area contributed by atoms with Gasteiger partial charge in [0.25, 0.3) is 0 Å². The maximum Gasteiger partial charge on any atom is 0.328 e. The summed E-state index contributed by atoms with van der Waals surface area (Å²) in [4.78, 5) is 61.7. The molecule has 0 aliphatic heterocycles. The first kappa shape index (κ1) is 34.2. The predicted octanol–water partition coefficient (Wildman–Crippen LogP) is -4.61. The average Bonchev–Trinajstić information content (AvgIpc) is 2.93. The van der Waals surface area contributed by atoms with Gasteiger partial charge < -0.3 is 58.3 Å². The Morgan fingerprint density at radius 2 is 1.15 bits per heavy atom. The largest absolute Gasteiger partial charge is 0.508 e. The van der Waals surface area contributed by atoms with Crippen molar-refractivity contribution < 1.29 is 49.5 Å². The maximum absolute atomic E-state index is 13.1. The van der Waals surface area contributed by atoms with Gasteiger partial charge in [0, 0.05) is 6.42 Å². The van der Waals surface area contributed by atoms with Crippen molar-refractivity contribution >= 4 is 29.6 Å². The molecule has 16 nitrogen and oxygen atoms in total. The number of aliphatic carboxylic acids is 1.